The molecule has 0 aromatic carbocycles. The van der Waals surface area contributed by atoms with Crippen molar-refractivity contribution in [1.29, 1.82) is 10.5 Å². The fraction of sp³-hybridized carbons (Fsp3) is 0.818. The van der Waals surface area contributed by atoms with Crippen molar-refractivity contribution >= 4 is 10.0 Å². The summed E-state index contributed by atoms with van der Waals surface area (Å²) in [5.41, 5.74) is 0. The molecule has 0 bridgehead atoms. The van der Waals surface area contributed by atoms with Crippen LogP contribution in [0.25, 0.3) is 0 Å². The normalized spacial score (nSPS) is 37.3. The summed E-state index contributed by atoms with van der Waals surface area (Å²) < 4.78 is 0. The molecule has 2 unspecified atom stereocenters. The van der Waals surface area contributed by atoms with E-state index in [1.165, 1.54) is 30.8 Å². The van der Waals surface area contributed by atoms with Crippen LogP contribution in [-0.4, -0.2) is 23.0 Å². The number of hydrogen-bond acceptors (Lipinski definition) is 2. The first kappa shape index (κ1) is 9.87. The van der Waals surface area contributed by atoms with Crippen molar-refractivity contribution in [2.45, 2.75) is 19.3 Å². The second kappa shape index (κ2) is 3.83. The molecule has 0 aromatic heterocycles. The summed E-state index contributed by atoms with van der Waals surface area (Å²) in [4.78, 5) is 0. The van der Waals surface area contributed by atoms with Crippen molar-refractivity contribution in [1.82, 2.24) is 0 Å². The Morgan fingerprint density at radius 2 is 1.36 bits per heavy atom. The van der Waals surface area contributed by atoms with Gasteiger partial charge >= 0.3 is 0 Å². The largest absolute Gasteiger partial charge is 0.238 e. The van der Waals surface area contributed by atoms with E-state index in [1.807, 2.05) is 0 Å². The van der Waals surface area contributed by atoms with Crippen molar-refractivity contribution in [3.05, 3.63) is 0 Å². The molecule has 0 N–H and O–H groups in total. The fourth-order valence-electron chi connectivity index (χ4n) is 2.75. The van der Waals surface area contributed by atoms with Gasteiger partial charge in [-0.2, -0.15) is 10.5 Å². The quantitative estimate of drug-likeness (QED) is 0.613. The van der Waals surface area contributed by atoms with E-state index in [9.17, 15) is 0 Å². The molecule has 76 valence electrons. The standard InChI is InChI=1S/C11H16N2S/c12-6-10-8-14(9-11(10)7-13)4-2-1-3-5-14/h10-11H,1-5,8-9H2. The molecule has 0 radical (unpaired) electrons. The lowest BCUT2D eigenvalue weighted by atomic mass is 10.00. The highest BCUT2D eigenvalue weighted by Gasteiger charge is 2.42. The van der Waals surface area contributed by atoms with Gasteiger partial charge < -0.3 is 0 Å². The molecule has 2 aliphatic rings. The Kier molecular flexibility index (Phi) is 2.70. The SMILES string of the molecule is N#CC1CS2(CCCCC2)CC1C#N. The number of rotatable bonds is 0. The molecule has 2 aliphatic heterocycles. The molecule has 0 aliphatic carbocycles. The molecule has 1 spiro atoms. The van der Waals surface area contributed by atoms with Gasteiger partial charge in [-0.3, -0.25) is 0 Å². The Labute approximate surface area is 87.2 Å². The Bertz CT molecular complexity index is 269. The number of hydrogen-bond donors (Lipinski definition) is 0. The smallest absolute Gasteiger partial charge is 0.0704 e. The van der Waals surface area contributed by atoms with E-state index in [0.717, 1.165) is 11.5 Å². The first-order valence-corrected chi connectivity index (χ1v) is 7.64. The van der Waals surface area contributed by atoms with Gasteiger partial charge in [-0.1, -0.05) is 6.42 Å². The molecule has 2 rings (SSSR count). The summed E-state index contributed by atoms with van der Waals surface area (Å²) in [6.45, 7) is 0. The highest BCUT2D eigenvalue weighted by molar-refractivity contribution is 8.33. The monoisotopic (exact) mass is 208 g/mol. The molecule has 2 saturated heterocycles. The zero-order valence-corrected chi connectivity index (χ0v) is 9.22. The molecule has 2 fully saturated rings. The average molecular weight is 208 g/mol. The second-order valence-electron chi connectivity index (χ2n) is 4.50. The van der Waals surface area contributed by atoms with Gasteiger partial charge in [0.2, 0.25) is 0 Å². The van der Waals surface area contributed by atoms with Crippen molar-refractivity contribution in [2.24, 2.45) is 11.8 Å². The van der Waals surface area contributed by atoms with Crippen LogP contribution in [0.2, 0.25) is 0 Å². The first-order chi connectivity index (χ1) is 6.79. The summed E-state index contributed by atoms with van der Waals surface area (Å²) in [7, 11) is -0.530. The Hall–Kier alpha value is -0.670. The van der Waals surface area contributed by atoms with Crippen LogP contribution in [0.15, 0.2) is 0 Å². The molecular weight excluding hydrogens is 192 g/mol. The van der Waals surface area contributed by atoms with Gasteiger partial charge in [0.15, 0.2) is 0 Å². The summed E-state index contributed by atoms with van der Waals surface area (Å²) in [6, 6.07) is 4.67. The Morgan fingerprint density at radius 3 is 1.79 bits per heavy atom. The third-order valence-corrected chi connectivity index (χ3v) is 7.98. The molecule has 0 saturated carbocycles. The molecule has 0 amide bonds. The molecule has 3 heteroatoms. The summed E-state index contributed by atoms with van der Waals surface area (Å²) in [6.07, 6.45) is 4.04. The first-order valence-electron chi connectivity index (χ1n) is 5.33. The molecule has 2 atom stereocenters. The maximum atomic E-state index is 8.99. The van der Waals surface area contributed by atoms with Gasteiger partial charge in [-0.15, -0.1) is 0 Å². The van der Waals surface area contributed by atoms with Gasteiger partial charge in [0, 0.05) is 0 Å². The predicted molar refractivity (Wildman–Crippen MR) is 59.1 cm³/mol. The van der Waals surface area contributed by atoms with E-state index in [4.69, 9.17) is 10.5 Å². The van der Waals surface area contributed by atoms with Gasteiger partial charge in [-0.25, -0.2) is 10.0 Å². The lowest BCUT2D eigenvalue weighted by molar-refractivity contribution is 0.626. The number of nitrogens with zero attached hydrogens (tertiary/aromatic N) is 2. The third kappa shape index (κ3) is 1.62. The van der Waals surface area contributed by atoms with Crippen molar-refractivity contribution in [2.75, 3.05) is 23.0 Å². The van der Waals surface area contributed by atoms with Crippen LogP contribution < -0.4 is 0 Å². The molecular formula is C11H16N2S. The van der Waals surface area contributed by atoms with E-state index in [2.05, 4.69) is 12.1 Å². The van der Waals surface area contributed by atoms with E-state index >= 15 is 0 Å². The van der Waals surface area contributed by atoms with Crippen LogP contribution in [0.4, 0.5) is 0 Å². The molecule has 14 heavy (non-hydrogen) atoms. The maximum absolute atomic E-state index is 8.99. The second-order valence-corrected chi connectivity index (χ2v) is 8.43. The lowest BCUT2D eigenvalue weighted by Crippen LogP contribution is -2.17. The van der Waals surface area contributed by atoms with Gasteiger partial charge in [0.05, 0.1) is 24.0 Å². The summed E-state index contributed by atoms with van der Waals surface area (Å²) in [5.74, 6) is 4.91. The fourth-order valence-corrected chi connectivity index (χ4v) is 7.52. The van der Waals surface area contributed by atoms with Crippen LogP contribution >= 0.6 is 10.0 Å². The van der Waals surface area contributed by atoms with Crippen molar-refractivity contribution < 1.29 is 0 Å². The summed E-state index contributed by atoms with van der Waals surface area (Å²) in [5, 5.41) is 18.0. The van der Waals surface area contributed by atoms with Crippen LogP contribution in [0, 0.1) is 34.5 Å². The van der Waals surface area contributed by atoms with E-state index < -0.39 is 10.0 Å². The molecule has 2 nitrogen and oxygen atoms in total. The maximum Gasteiger partial charge on any atom is 0.0704 e. The minimum atomic E-state index is -0.530. The van der Waals surface area contributed by atoms with E-state index in [0.29, 0.717) is 0 Å². The topological polar surface area (TPSA) is 47.6 Å². The highest BCUT2D eigenvalue weighted by Crippen LogP contribution is 2.60. The minimum absolute atomic E-state index is 0.0492. The average Bonchev–Trinajstić information content (AvgIpc) is 2.57. The Morgan fingerprint density at radius 1 is 0.857 bits per heavy atom. The van der Waals surface area contributed by atoms with Crippen molar-refractivity contribution in [3.63, 3.8) is 0 Å². The lowest BCUT2D eigenvalue weighted by Gasteiger charge is -2.39. The zero-order valence-electron chi connectivity index (χ0n) is 8.41. The van der Waals surface area contributed by atoms with Crippen LogP contribution in [0.1, 0.15) is 19.3 Å². The highest BCUT2D eigenvalue weighted by atomic mass is 32.3. The predicted octanol–water partition coefficient (Wildman–Crippen LogP) is 2.27. The van der Waals surface area contributed by atoms with Crippen LogP contribution in [0.5, 0.6) is 0 Å². The molecule has 0 aromatic rings. The van der Waals surface area contributed by atoms with Gasteiger partial charge in [0.1, 0.15) is 0 Å². The molecule has 2 heterocycles. The Balaban J connectivity index is 2.11. The zero-order chi connectivity index (χ0) is 10.0. The van der Waals surface area contributed by atoms with Crippen LogP contribution in [0.3, 0.4) is 0 Å². The van der Waals surface area contributed by atoms with Crippen LogP contribution in [-0.2, 0) is 0 Å². The van der Waals surface area contributed by atoms with E-state index in [-0.39, 0.29) is 11.8 Å². The van der Waals surface area contributed by atoms with Gasteiger partial charge in [0.25, 0.3) is 0 Å². The number of nitriles is 2. The third-order valence-electron chi connectivity index (χ3n) is 3.54. The van der Waals surface area contributed by atoms with E-state index in [1.54, 1.807) is 0 Å². The summed E-state index contributed by atoms with van der Waals surface area (Å²) >= 11 is 0. The minimum Gasteiger partial charge on any atom is -0.238 e. The van der Waals surface area contributed by atoms with Crippen molar-refractivity contribution in [3.8, 4) is 12.1 Å². The van der Waals surface area contributed by atoms with Gasteiger partial charge in [-0.05, 0) is 35.9 Å².